The third-order valence-electron chi connectivity index (χ3n) is 1.87. The van der Waals surface area contributed by atoms with Crippen LogP contribution in [0.4, 0.5) is 13.2 Å². The molecule has 0 heterocycles. The molecule has 0 amide bonds. The Morgan fingerprint density at radius 1 is 0.929 bits per heavy atom. The molecule has 0 saturated carbocycles. The lowest BCUT2D eigenvalue weighted by Gasteiger charge is -2.08. The number of phenols is 2. The van der Waals surface area contributed by atoms with Gasteiger partial charge in [-0.3, -0.25) is 0 Å². The zero-order chi connectivity index (χ0) is 10.9. The van der Waals surface area contributed by atoms with Gasteiger partial charge in [-0.1, -0.05) is 13.3 Å². The standard InChI is InChI=1S/C9H9F3O2/c1-2-3-4-5(10)6(11)7(12)9(14)8(4)13/h13-14H,2-3H2,1H3. The van der Waals surface area contributed by atoms with Crippen molar-refractivity contribution >= 4 is 0 Å². The molecular weight excluding hydrogens is 197 g/mol. The molecular formula is C9H9F3O2. The maximum absolute atomic E-state index is 13.0. The van der Waals surface area contributed by atoms with Gasteiger partial charge in [0.15, 0.2) is 23.1 Å². The highest BCUT2D eigenvalue weighted by Crippen LogP contribution is 2.36. The first kappa shape index (κ1) is 10.7. The van der Waals surface area contributed by atoms with Gasteiger partial charge in [-0.25, -0.2) is 8.78 Å². The number of aromatic hydroxyl groups is 2. The van der Waals surface area contributed by atoms with Gasteiger partial charge in [-0.15, -0.1) is 0 Å². The molecule has 0 aliphatic heterocycles. The van der Waals surface area contributed by atoms with Crippen LogP contribution in [0.25, 0.3) is 0 Å². The molecule has 0 atom stereocenters. The molecule has 0 unspecified atom stereocenters. The van der Waals surface area contributed by atoms with Crippen molar-refractivity contribution < 1.29 is 23.4 Å². The van der Waals surface area contributed by atoms with Crippen LogP contribution in [0.5, 0.6) is 11.5 Å². The lowest BCUT2D eigenvalue weighted by Crippen LogP contribution is -1.99. The number of rotatable bonds is 2. The maximum atomic E-state index is 13.0. The molecule has 1 aromatic carbocycles. The minimum absolute atomic E-state index is 0.0302. The number of hydrogen-bond donors (Lipinski definition) is 2. The summed E-state index contributed by atoms with van der Waals surface area (Å²) in [6.07, 6.45) is 0.470. The zero-order valence-corrected chi connectivity index (χ0v) is 7.44. The second-order valence-electron chi connectivity index (χ2n) is 2.87. The molecule has 78 valence electrons. The molecule has 1 rings (SSSR count). The van der Waals surface area contributed by atoms with Crippen molar-refractivity contribution in [2.45, 2.75) is 19.8 Å². The van der Waals surface area contributed by atoms with Crippen LogP contribution in [0, 0.1) is 17.5 Å². The number of benzene rings is 1. The van der Waals surface area contributed by atoms with Crippen LogP contribution in [-0.4, -0.2) is 10.2 Å². The van der Waals surface area contributed by atoms with E-state index >= 15 is 0 Å². The fraction of sp³-hybridized carbons (Fsp3) is 0.333. The Morgan fingerprint density at radius 2 is 1.50 bits per heavy atom. The normalized spacial score (nSPS) is 10.6. The van der Waals surface area contributed by atoms with Crippen LogP contribution in [0.1, 0.15) is 18.9 Å². The highest BCUT2D eigenvalue weighted by molar-refractivity contribution is 5.47. The average molecular weight is 206 g/mol. The average Bonchev–Trinajstić information content (AvgIpc) is 2.19. The summed E-state index contributed by atoms with van der Waals surface area (Å²) < 4.78 is 38.4. The highest BCUT2D eigenvalue weighted by Gasteiger charge is 2.23. The second-order valence-corrected chi connectivity index (χ2v) is 2.87. The first-order valence-corrected chi connectivity index (χ1v) is 4.07. The van der Waals surface area contributed by atoms with Crippen LogP contribution in [0.2, 0.25) is 0 Å². The molecule has 0 spiro atoms. The van der Waals surface area contributed by atoms with Crippen molar-refractivity contribution in [1.82, 2.24) is 0 Å². The van der Waals surface area contributed by atoms with Crippen molar-refractivity contribution in [1.29, 1.82) is 0 Å². The van der Waals surface area contributed by atoms with Gasteiger partial charge in [-0.2, -0.15) is 4.39 Å². The molecule has 0 radical (unpaired) electrons. The molecule has 2 N–H and O–H groups in total. The molecule has 0 bridgehead atoms. The van der Waals surface area contributed by atoms with Gasteiger partial charge in [-0.05, 0) is 6.42 Å². The summed E-state index contributed by atoms with van der Waals surface area (Å²) in [5.41, 5.74) is -0.399. The minimum atomic E-state index is -1.76. The second kappa shape index (κ2) is 3.77. The maximum Gasteiger partial charge on any atom is 0.207 e. The predicted molar refractivity (Wildman–Crippen MR) is 43.6 cm³/mol. The zero-order valence-electron chi connectivity index (χ0n) is 7.44. The Kier molecular flexibility index (Phi) is 2.88. The molecule has 0 aliphatic rings. The summed E-state index contributed by atoms with van der Waals surface area (Å²) in [5, 5.41) is 18.0. The van der Waals surface area contributed by atoms with Crippen molar-refractivity contribution in [2.24, 2.45) is 0 Å². The van der Waals surface area contributed by atoms with Crippen molar-refractivity contribution in [3.05, 3.63) is 23.0 Å². The van der Waals surface area contributed by atoms with E-state index in [9.17, 15) is 13.2 Å². The van der Waals surface area contributed by atoms with E-state index in [1.807, 2.05) is 0 Å². The lowest BCUT2D eigenvalue weighted by atomic mass is 10.1. The molecule has 0 saturated heterocycles. The topological polar surface area (TPSA) is 40.5 Å². The Balaban J connectivity index is 3.43. The molecule has 0 aliphatic carbocycles. The number of phenolic OH excluding ortho intramolecular Hbond substituents is 2. The quantitative estimate of drug-likeness (QED) is 0.576. The first-order valence-electron chi connectivity index (χ1n) is 4.07. The molecule has 1 aromatic rings. The van der Waals surface area contributed by atoms with Gasteiger partial charge >= 0.3 is 0 Å². The molecule has 2 nitrogen and oxygen atoms in total. The lowest BCUT2D eigenvalue weighted by molar-refractivity contribution is 0.343. The number of halogens is 3. The third kappa shape index (κ3) is 1.49. The van der Waals surface area contributed by atoms with Gasteiger partial charge in [0.25, 0.3) is 0 Å². The third-order valence-corrected chi connectivity index (χ3v) is 1.87. The largest absolute Gasteiger partial charge is 0.504 e. The number of hydrogen-bond acceptors (Lipinski definition) is 2. The fourth-order valence-corrected chi connectivity index (χ4v) is 1.16. The van der Waals surface area contributed by atoms with E-state index in [1.165, 1.54) is 0 Å². The summed E-state index contributed by atoms with van der Waals surface area (Å²) in [6, 6.07) is 0. The van der Waals surface area contributed by atoms with E-state index in [2.05, 4.69) is 0 Å². The fourth-order valence-electron chi connectivity index (χ4n) is 1.16. The van der Waals surface area contributed by atoms with E-state index in [4.69, 9.17) is 10.2 Å². The van der Waals surface area contributed by atoms with E-state index in [-0.39, 0.29) is 6.42 Å². The van der Waals surface area contributed by atoms with Crippen molar-refractivity contribution in [2.75, 3.05) is 0 Å². The summed E-state index contributed by atoms with van der Waals surface area (Å²) in [5.74, 6) is -7.14. The highest BCUT2D eigenvalue weighted by atomic mass is 19.2. The molecule has 0 aromatic heterocycles. The van der Waals surface area contributed by atoms with Crippen molar-refractivity contribution in [3.63, 3.8) is 0 Å². The van der Waals surface area contributed by atoms with Crippen LogP contribution in [0.3, 0.4) is 0 Å². The molecule has 0 fully saturated rings. The van der Waals surface area contributed by atoms with Gasteiger partial charge in [0.2, 0.25) is 5.82 Å². The Bertz CT molecular complexity index is 335. The minimum Gasteiger partial charge on any atom is -0.504 e. The van der Waals surface area contributed by atoms with Gasteiger partial charge in [0.05, 0.1) is 0 Å². The Hall–Kier alpha value is -1.39. The summed E-state index contributed by atoms with van der Waals surface area (Å²) in [4.78, 5) is 0. The monoisotopic (exact) mass is 206 g/mol. The summed E-state index contributed by atoms with van der Waals surface area (Å²) in [7, 11) is 0. The van der Waals surface area contributed by atoms with Crippen LogP contribution >= 0.6 is 0 Å². The predicted octanol–water partition coefficient (Wildman–Crippen LogP) is 2.47. The van der Waals surface area contributed by atoms with E-state index in [0.717, 1.165) is 0 Å². The SMILES string of the molecule is CCCc1c(O)c(O)c(F)c(F)c1F. The molecule has 14 heavy (non-hydrogen) atoms. The van der Waals surface area contributed by atoms with Gasteiger partial charge in [0.1, 0.15) is 0 Å². The Morgan fingerprint density at radius 3 is 2.00 bits per heavy atom. The summed E-state index contributed by atoms with van der Waals surface area (Å²) >= 11 is 0. The Labute approximate surface area is 78.6 Å². The smallest absolute Gasteiger partial charge is 0.207 e. The van der Waals surface area contributed by atoms with E-state index in [0.29, 0.717) is 6.42 Å². The van der Waals surface area contributed by atoms with Crippen LogP contribution in [0.15, 0.2) is 0 Å². The van der Waals surface area contributed by atoms with Gasteiger partial charge < -0.3 is 10.2 Å². The first-order chi connectivity index (χ1) is 6.50. The van der Waals surface area contributed by atoms with E-state index in [1.54, 1.807) is 6.92 Å². The summed E-state index contributed by atoms with van der Waals surface area (Å²) in [6.45, 7) is 1.68. The van der Waals surface area contributed by atoms with Crippen LogP contribution < -0.4 is 0 Å². The van der Waals surface area contributed by atoms with E-state index < -0.39 is 34.5 Å². The van der Waals surface area contributed by atoms with Crippen molar-refractivity contribution in [3.8, 4) is 11.5 Å². The van der Waals surface area contributed by atoms with Crippen LogP contribution in [-0.2, 0) is 6.42 Å². The molecule has 5 heteroatoms. The van der Waals surface area contributed by atoms with Gasteiger partial charge in [0, 0.05) is 5.56 Å².